The van der Waals surface area contributed by atoms with E-state index in [9.17, 15) is 9.59 Å². The highest BCUT2D eigenvalue weighted by atomic mass is 35.5. The second-order valence-corrected chi connectivity index (χ2v) is 6.02. The molecule has 23 heavy (non-hydrogen) atoms. The minimum Gasteiger partial charge on any atom is -0.349 e. The quantitative estimate of drug-likeness (QED) is 0.877. The average molecular weight is 340 g/mol. The first-order valence-electron chi connectivity index (χ1n) is 7.88. The number of piperidine rings is 1. The van der Waals surface area contributed by atoms with Crippen LogP contribution in [0.3, 0.4) is 0 Å². The van der Waals surface area contributed by atoms with Gasteiger partial charge < -0.3 is 16.0 Å². The molecule has 1 saturated heterocycles. The van der Waals surface area contributed by atoms with Gasteiger partial charge in [-0.25, -0.2) is 0 Å². The third-order valence-electron chi connectivity index (χ3n) is 4.31. The van der Waals surface area contributed by atoms with E-state index in [-0.39, 0.29) is 36.2 Å². The lowest BCUT2D eigenvalue weighted by atomic mass is 10.0. The van der Waals surface area contributed by atoms with Crippen LogP contribution >= 0.6 is 12.4 Å². The van der Waals surface area contributed by atoms with Crippen molar-refractivity contribution in [2.45, 2.75) is 32.7 Å². The minimum atomic E-state index is -0.127. The molecule has 1 unspecified atom stereocenters. The van der Waals surface area contributed by atoms with Crippen LogP contribution in [0, 0.1) is 12.8 Å². The molecule has 2 amide bonds. The van der Waals surface area contributed by atoms with Crippen LogP contribution in [0.5, 0.6) is 0 Å². The summed E-state index contributed by atoms with van der Waals surface area (Å²) >= 11 is 0. The maximum absolute atomic E-state index is 12.3. The Bertz CT molecular complexity index is 542. The molecule has 0 bridgehead atoms. The topological polar surface area (TPSA) is 75.4 Å². The summed E-state index contributed by atoms with van der Waals surface area (Å²) in [4.78, 5) is 26.2. The van der Waals surface area contributed by atoms with Crippen molar-refractivity contribution < 1.29 is 9.59 Å². The van der Waals surface area contributed by atoms with Crippen molar-refractivity contribution in [1.29, 1.82) is 0 Å². The summed E-state index contributed by atoms with van der Waals surface area (Å²) < 4.78 is 0. The second kappa shape index (κ2) is 8.89. The molecule has 1 aromatic rings. The summed E-state index contributed by atoms with van der Waals surface area (Å²) in [6.07, 6.45) is 1.58. The number of nitrogens with two attached hydrogens (primary N) is 1. The van der Waals surface area contributed by atoms with Crippen molar-refractivity contribution >= 4 is 24.2 Å². The molecule has 5 nitrogen and oxygen atoms in total. The maximum Gasteiger partial charge on any atom is 0.251 e. The van der Waals surface area contributed by atoms with Gasteiger partial charge in [0, 0.05) is 37.2 Å². The summed E-state index contributed by atoms with van der Waals surface area (Å²) in [6, 6.07) is 7.70. The Hall–Kier alpha value is -1.59. The van der Waals surface area contributed by atoms with Crippen molar-refractivity contribution in [3.8, 4) is 0 Å². The first-order valence-corrected chi connectivity index (χ1v) is 7.88. The summed E-state index contributed by atoms with van der Waals surface area (Å²) in [5.74, 6) is -0.0394. The van der Waals surface area contributed by atoms with Crippen LogP contribution in [0.4, 0.5) is 0 Å². The van der Waals surface area contributed by atoms with Gasteiger partial charge in [0.2, 0.25) is 5.91 Å². The van der Waals surface area contributed by atoms with Crippen molar-refractivity contribution in [2.75, 3.05) is 19.6 Å². The Morgan fingerprint density at radius 1 is 1.30 bits per heavy atom. The molecule has 1 aromatic carbocycles. The Kier molecular flexibility index (Phi) is 7.52. The molecule has 2 rings (SSSR count). The molecule has 1 atom stereocenters. The maximum atomic E-state index is 12.3. The lowest BCUT2D eigenvalue weighted by molar-refractivity contribution is -0.135. The average Bonchev–Trinajstić information content (AvgIpc) is 2.54. The second-order valence-electron chi connectivity index (χ2n) is 6.02. The van der Waals surface area contributed by atoms with Crippen LogP contribution in [0.15, 0.2) is 24.3 Å². The number of benzene rings is 1. The van der Waals surface area contributed by atoms with Gasteiger partial charge >= 0.3 is 0 Å². The minimum absolute atomic E-state index is 0. The summed E-state index contributed by atoms with van der Waals surface area (Å²) in [7, 11) is 0. The summed E-state index contributed by atoms with van der Waals surface area (Å²) in [5.41, 5.74) is 7.24. The molecule has 0 saturated carbocycles. The molecule has 1 fully saturated rings. The fraction of sp³-hybridized carbons (Fsp3) is 0.529. The lowest BCUT2D eigenvalue weighted by Crippen LogP contribution is -2.48. The van der Waals surface area contributed by atoms with Crippen LogP contribution in [-0.2, 0) is 4.79 Å². The monoisotopic (exact) mass is 339 g/mol. The van der Waals surface area contributed by atoms with E-state index in [4.69, 9.17) is 5.73 Å². The van der Waals surface area contributed by atoms with Crippen molar-refractivity contribution in [1.82, 2.24) is 10.2 Å². The first-order chi connectivity index (χ1) is 10.5. The van der Waals surface area contributed by atoms with E-state index in [0.29, 0.717) is 19.6 Å². The molecule has 128 valence electrons. The van der Waals surface area contributed by atoms with Gasteiger partial charge in [0.1, 0.15) is 0 Å². The predicted octanol–water partition coefficient (Wildman–Crippen LogP) is 1.73. The number of hydrogen-bond acceptors (Lipinski definition) is 3. The van der Waals surface area contributed by atoms with Crippen molar-refractivity contribution in [3.63, 3.8) is 0 Å². The Morgan fingerprint density at radius 2 is 1.91 bits per heavy atom. The Labute approximate surface area is 144 Å². The van der Waals surface area contributed by atoms with E-state index in [1.165, 1.54) is 0 Å². The van der Waals surface area contributed by atoms with E-state index in [1.54, 1.807) is 0 Å². The number of nitrogens with zero attached hydrogens (tertiary/aromatic N) is 1. The highest BCUT2D eigenvalue weighted by Gasteiger charge is 2.26. The molecule has 0 aromatic heterocycles. The fourth-order valence-electron chi connectivity index (χ4n) is 2.75. The van der Waals surface area contributed by atoms with Crippen molar-refractivity contribution in [2.24, 2.45) is 11.7 Å². The van der Waals surface area contributed by atoms with E-state index in [1.807, 2.05) is 43.0 Å². The van der Waals surface area contributed by atoms with E-state index in [2.05, 4.69) is 5.32 Å². The molecule has 1 heterocycles. The van der Waals surface area contributed by atoms with Gasteiger partial charge in [0.25, 0.3) is 5.91 Å². The Morgan fingerprint density at radius 3 is 2.48 bits per heavy atom. The summed E-state index contributed by atoms with van der Waals surface area (Å²) in [6.45, 7) is 5.53. The van der Waals surface area contributed by atoms with Crippen LogP contribution in [0.25, 0.3) is 0 Å². The highest BCUT2D eigenvalue weighted by molar-refractivity contribution is 5.95. The summed E-state index contributed by atoms with van der Waals surface area (Å²) in [5, 5.41) is 3.08. The molecule has 0 spiro atoms. The Balaban J connectivity index is 0.00000264. The smallest absolute Gasteiger partial charge is 0.251 e. The number of nitrogens with one attached hydrogen (secondary N) is 1. The fourth-order valence-corrected chi connectivity index (χ4v) is 2.75. The van der Waals surface area contributed by atoms with Gasteiger partial charge in [-0.1, -0.05) is 25.1 Å². The van der Waals surface area contributed by atoms with E-state index >= 15 is 0 Å². The van der Waals surface area contributed by atoms with Gasteiger partial charge in [-0.2, -0.15) is 0 Å². The van der Waals surface area contributed by atoms with Gasteiger partial charge in [-0.15, -0.1) is 12.4 Å². The number of carbonyl (C=O) groups is 2. The lowest BCUT2D eigenvalue weighted by Gasteiger charge is -2.33. The molecule has 0 radical (unpaired) electrons. The predicted molar refractivity (Wildman–Crippen MR) is 93.7 cm³/mol. The van der Waals surface area contributed by atoms with Crippen LogP contribution in [0.2, 0.25) is 0 Å². The van der Waals surface area contributed by atoms with Crippen molar-refractivity contribution in [3.05, 3.63) is 35.4 Å². The first kappa shape index (κ1) is 19.5. The van der Waals surface area contributed by atoms with E-state index in [0.717, 1.165) is 24.0 Å². The third-order valence-corrected chi connectivity index (χ3v) is 4.31. The molecule has 0 aliphatic carbocycles. The van der Waals surface area contributed by atoms with Gasteiger partial charge in [-0.3, -0.25) is 9.59 Å². The van der Waals surface area contributed by atoms with Crippen LogP contribution < -0.4 is 11.1 Å². The molecule has 6 heteroatoms. The SMILES string of the molecule is Cc1ccccc1C(=O)NC1CCN(C(=O)C(C)CN)CC1.Cl. The molecular weight excluding hydrogens is 314 g/mol. The zero-order chi connectivity index (χ0) is 16.1. The number of hydrogen-bond donors (Lipinski definition) is 2. The van der Waals surface area contributed by atoms with Crippen LogP contribution in [0.1, 0.15) is 35.7 Å². The van der Waals surface area contributed by atoms with Gasteiger partial charge in [-0.05, 0) is 31.4 Å². The number of rotatable bonds is 4. The molecular formula is C17H26ClN3O2. The number of carbonyl (C=O) groups excluding carboxylic acids is 2. The zero-order valence-corrected chi connectivity index (χ0v) is 14.6. The zero-order valence-electron chi connectivity index (χ0n) is 13.7. The number of aryl methyl sites for hydroxylation is 1. The number of amides is 2. The van der Waals surface area contributed by atoms with Gasteiger partial charge in [0.05, 0.1) is 0 Å². The molecule has 1 aliphatic heterocycles. The highest BCUT2D eigenvalue weighted by Crippen LogP contribution is 2.14. The van der Waals surface area contributed by atoms with E-state index < -0.39 is 0 Å². The standard InChI is InChI=1S/C17H25N3O2.ClH/c1-12-5-3-4-6-15(12)16(21)19-14-7-9-20(10-8-14)17(22)13(2)11-18;/h3-6,13-14H,7-11,18H2,1-2H3,(H,19,21);1H. The normalized spacial score (nSPS) is 16.4. The third kappa shape index (κ3) is 4.94. The van der Waals surface area contributed by atoms with Gasteiger partial charge in [0.15, 0.2) is 0 Å². The number of likely N-dealkylation sites (tertiary alicyclic amines) is 1. The largest absolute Gasteiger partial charge is 0.349 e. The molecule has 1 aliphatic rings. The van der Waals surface area contributed by atoms with Crippen LogP contribution in [-0.4, -0.2) is 42.4 Å². The molecule has 3 N–H and O–H groups in total. The number of halogens is 1.